The minimum atomic E-state index is -0.234. The quantitative estimate of drug-likeness (QED) is 0.926. The van der Waals surface area contributed by atoms with E-state index in [0.717, 1.165) is 11.5 Å². The maximum Gasteiger partial charge on any atom is 0.148 e. The molecule has 1 aromatic carbocycles. The van der Waals surface area contributed by atoms with Crippen molar-refractivity contribution in [3.05, 3.63) is 46.9 Å². The van der Waals surface area contributed by atoms with Gasteiger partial charge < -0.3 is 5.32 Å². The molecule has 106 valence electrons. The monoisotopic (exact) mass is 269 g/mol. The van der Waals surface area contributed by atoms with E-state index in [9.17, 15) is 0 Å². The van der Waals surface area contributed by atoms with Crippen LogP contribution in [0.15, 0.2) is 24.4 Å². The third kappa shape index (κ3) is 2.73. The summed E-state index contributed by atoms with van der Waals surface area (Å²) in [5, 5.41) is 3.25. The van der Waals surface area contributed by atoms with E-state index in [1.807, 2.05) is 19.3 Å². The molecule has 0 radical (unpaired) electrons. The molecular formula is C17H23N3. The van der Waals surface area contributed by atoms with Crippen LogP contribution in [-0.2, 0) is 5.54 Å². The SMILES string of the molecule is CNC(C)(C)c1nccc(-c2c(C)cc(C)cc2C)n1. The number of nitrogens with zero attached hydrogens (tertiary/aromatic N) is 2. The van der Waals surface area contributed by atoms with Crippen LogP contribution in [0.1, 0.15) is 36.4 Å². The molecule has 3 nitrogen and oxygen atoms in total. The van der Waals surface area contributed by atoms with Gasteiger partial charge in [0.1, 0.15) is 5.82 Å². The Balaban J connectivity index is 2.58. The molecule has 0 aliphatic carbocycles. The third-order valence-corrected chi connectivity index (χ3v) is 3.77. The summed E-state index contributed by atoms with van der Waals surface area (Å²) in [6.07, 6.45) is 1.84. The molecule has 0 aliphatic rings. The van der Waals surface area contributed by atoms with Gasteiger partial charge in [0.2, 0.25) is 0 Å². The molecule has 0 bridgehead atoms. The van der Waals surface area contributed by atoms with Gasteiger partial charge in [0.15, 0.2) is 0 Å². The fraction of sp³-hybridized carbons (Fsp3) is 0.412. The summed E-state index contributed by atoms with van der Waals surface area (Å²) in [5.41, 5.74) is 5.78. The Labute approximate surface area is 121 Å². The van der Waals surface area contributed by atoms with Crippen molar-refractivity contribution in [2.75, 3.05) is 7.05 Å². The standard InChI is InChI=1S/C17H23N3/c1-11-9-12(2)15(13(3)10-11)14-7-8-19-16(20-14)17(4,5)18-6/h7-10,18H,1-6H3. The maximum absolute atomic E-state index is 4.76. The average Bonchev–Trinajstić information content (AvgIpc) is 2.38. The van der Waals surface area contributed by atoms with E-state index in [1.165, 1.54) is 22.3 Å². The van der Waals surface area contributed by atoms with Crippen LogP contribution in [0.3, 0.4) is 0 Å². The van der Waals surface area contributed by atoms with Crippen LogP contribution in [-0.4, -0.2) is 17.0 Å². The molecule has 0 saturated carbocycles. The van der Waals surface area contributed by atoms with Crippen molar-refractivity contribution in [2.45, 2.75) is 40.2 Å². The number of nitrogens with one attached hydrogen (secondary N) is 1. The van der Waals surface area contributed by atoms with E-state index < -0.39 is 0 Å². The van der Waals surface area contributed by atoms with Crippen LogP contribution >= 0.6 is 0 Å². The Hall–Kier alpha value is -1.74. The normalized spacial score (nSPS) is 11.7. The summed E-state index contributed by atoms with van der Waals surface area (Å²) in [5.74, 6) is 0.817. The molecule has 3 heteroatoms. The van der Waals surface area contributed by atoms with Crippen LogP contribution in [0.25, 0.3) is 11.3 Å². The van der Waals surface area contributed by atoms with E-state index in [-0.39, 0.29) is 5.54 Å². The maximum atomic E-state index is 4.76. The second-order valence-electron chi connectivity index (χ2n) is 5.91. The molecule has 2 aromatic rings. The van der Waals surface area contributed by atoms with Crippen molar-refractivity contribution in [2.24, 2.45) is 0 Å². The van der Waals surface area contributed by atoms with Crippen LogP contribution in [0.5, 0.6) is 0 Å². The molecular weight excluding hydrogens is 246 g/mol. The van der Waals surface area contributed by atoms with Crippen molar-refractivity contribution < 1.29 is 0 Å². The largest absolute Gasteiger partial charge is 0.308 e. The lowest BCUT2D eigenvalue weighted by atomic mass is 9.96. The third-order valence-electron chi connectivity index (χ3n) is 3.77. The highest BCUT2D eigenvalue weighted by Crippen LogP contribution is 2.28. The topological polar surface area (TPSA) is 37.8 Å². The van der Waals surface area contributed by atoms with Gasteiger partial charge in [-0.15, -0.1) is 0 Å². The molecule has 0 aliphatic heterocycles. The first-order chi connectivity index (χ1) is 9.35. The van der Waals surface area contributed by atoms with E-state index in [2.05, 4.69) is 57.1 Å². The van der Waals surface area contributed by atoms with Gasteiger partial charge in [-0.2, -0.15) is 0 Å². The average molecular weight is 269 g/mol. The highest BCUT2D eigenvalue weighted by molar-refractivity contribution is 5.68. The molecule has 1 aromatic heterocycles. The molecule has 2 rings (SSSR count). The van der Waals surface area contributed by atoms with Crippen molar-refractivity contribution >= 4 is 0 Å². The zero-order valence-corrected chi connectivity index (χ0v) is 13.2. The highest BCUT2D eigenvalue weighted by atomic mass is 15.0. The van der Waals surface area contributed by atoms with Gasteiger partial charge >= 0.3 is 0 Å². The second kappa shape index (κ2) is 5.33. The number of benzene rings is 1. The van der Waals surface area contributed by atoms with Gasteiger partial charge in [0.05, 0.1) is 11.2 Å². The zero-order chi connectivity index (χ0) is 14.9. The molecule has 0 fully saturated rings. The highest BCUT2D eigenvalue weighted by Gasteiger charge is 2.22. The molecule has 20 heavy (non-hydrogen) atoms. The fourth-order valence-corrected chi connectivity index (χ4v) is 2.49. The minimum Gasteiger partial charge on any atom is -0.308 e. The number of hydrogen-bond donors (Lipinski definition) is 1. The Morgan fingerprint density at radius 2 is 1.65 bits per heavy atom. The Kier molecular flexibility index (Phi) is 3.91. The van der Waals surface area contributed by atoms with Crippen LogP contribution in [0.2, 0.25) is 0 Å². The van der Waals surface area contributed by atoms with Gasteiger partial charge in [-0.25, -0.2) is 9.97 Å². The Morgan fingerprint density at radius 1 is 1.05 bits per heavy atom. The van der Waals surface area contributed by atoms with Crippen molar-refractivity contribution in [3.8, 4) is 11.3 Å². The summed E-state index contributed by atoms with van der Waals surface area (Å²) < 4.78 is 0. The zero-order valence-electron chi connectivity index (χ0n) is 13.2. The van der Waals surface area contributed by atoms with Crippen LogP contribution in [0, 0.1) is 20.8 Å². The summed E-state index contributed by atoms with van der Waals surface area (Å²) in [6, 6.07) is 6.39. The van der Waals surface area contributed by atoms with Crippen molar-refractivity contribution in [3.63, 3.8) is 0 Å². The van der Waals surface area contributed by atoms with Gasteiger partial charge in [-0.3, -0.25) is 0 Å². The lowest BCUT2D eigenvalue weighted by Crippen LogP contribution is -2.35. The first-order valence-corrected chi connectivity index (χ1v) is 6.96. The van der Waals surface area contributed by atoms with Gasteiger partial charge in [-0.1, -0.05) is 17.7 Å². The van der Waals surface area contributed by atoms with E-state index in [4.69, 9.17) is 4.98 Å². The van der Waals surface area contributed by atoms with Crippen molar-refractivity contribution in [1.82, 2.24) is 15.3 Å². The molecule has 1 N–H and O–H groups in total. The number of rotatable bonds is 3. The number of hydrogen-bond acceptors (Lipinski definition) is 3. The molecule has 0 saturated heterocycles. The summed E-state index contributed by atoms with van der Waals surface area (Å²) in [4.78, 5) is 9.17. The fourth-order valence-electron chi connectivity index (χ4n) is 2.49. The predicted octanol–water partition coefficient (Wildman–Crippen LogP) is 3.52. The molecule has 0 atom stereocenters. The summed E-state index contributed by atoms with van der Waals surface area (Å²) in [6.45, 7) is 10.6. The molecule has 1 heterocycles. The van der Waals surface area contributed by atoms with Crippen molar-refractivity contribution in [1.29, 1.82) is 0 Å². The summed E-state index contributed by atoms with van der Waals surface area (Å²) in [7, 11) is 1.93. The molecule has 0 spiro atoms. The van der Waals surface area contributed by atoms with E-state index in [0.29, 0.717) is 0 Å². The first kappa shape index (κ1) is 14.7. The van der Waals surface area contributed by atoms with Gasteiger partial charge in [0.25, 0.3) is 0 Å². The second-order valence-corrected chi connectivity index (χ2v) is 5.91. The molecule has 0 amide bonds. The number of aryl methyl sites for hydroxylation is 3. The van der Waals surface area contributed by atoms with Crippen LogP contribution in [0.4, 0.5) is 0 Å². The minimum absolute atomic E-state index is 0.234. The lowest BCUT2D eigenvalue weighted by Gasteiger charge is -2.22. The predicted molar refractivity (Wildman–Crippen MR) is 83.8 cm³/mol. The molecule has 0 unspecified atom stereocenters. The van der Waals surface area contributed by atoms with E-state index >= 15 is 0 Å². The Morgan fingerprint density at radius 3 is 2.20 bits per heavy atom. The van der Waals surface area contributed by atoms with Gasteiger partial charge in [-0.05, 0) is 58.9 Å². The van der Waals surface area contributed by atoms with Crippen LogP contribution < -0.4 is 5.32 Å². The van der Waals surface area contributed by atoms with Gasteiger partial charge in [0, 0.05) is 11.8 Å². The lowest BCUT2D eigenvalue weighted by molar-refractivity contribution is 0.417. The summed E-state index contributed by atoms with van der Waals surface area (Å²) >= 11 is 0. The van der Waals surface area contributed by atoms with E-state index in [1.54, 1.807) is 0 Å². The smallest absolute Gasteiger partial charge is 0.148 e. The number of aromatic nitrogens is 2. The Bertz CT molecular complexity index is 607. The first-order valence-electron chi connectivity index (χ1n) is 6.96.